The summed E-state index contributed by atoms with van der Waals surface area (Å²) in [5, 5.41) is 6.97. The molecule has 0 aliphatic carbocycles. The minimum atomic E-state index is -0.239. The number of piperazine rings is 1. The van der Waals surface area contributed by atoms with Crippen LogP contribution in [-0.4, -0.2) is 48.6 Å². The fraction of sp³-hybridized carbons (Fsp3) is 0.364. The fourth-order valence-electron chi connectivity index (χ4n) is 3.40. The first-order chi connectivity index (χ1) is 13.9. The Kier molecular flexibility index (Phi) is 7.17. The van der Waals surface area contributed by atoms with Crippen molar-refractivity contribution in [2.24, 2.45) is 0 Å². The number of benzene rings is 2. The van der Waals surface area contributed by atoms with Gasteiger partial charge in [-0.2, -0.15) is 0 Å². The van der Waals surface area contributed by atoms with E-state index in [9.17, 15) is 9.18 Å². The van der Waals surface area contributed by atoms with Gasteiger partial charge in [0.25, 0.3) is 5.91 Å². The minimum Gasteiger partial charge on any atom is -0.358 e. The van der Waals surface area contributed by atoms with Crippen LogP contribution >= 0.6 is 12.2 Å². The Bertz CT molecular complexity index is 864. The number of rotatable bonds is 5. The molecule has 1 fully saturated rings. The predicted molar refractivity (Wildman–Crippen MR) is 118 cm³/mol. The van der Waals surface area contributed by atoms with E-state index in [0.717, 1.165) is 43.0 Å². The quantitative estimate of drug-likeness (QED) is 0.650. The van der Waals surface area contributed by atoms with Crippen molar-refractivity contribution in [2.75, 3.05) is 38.0 Å². The molecule has 1 amide bonds. The number of hydrogen-bond donors (Lipinski definition) is 3. The van der Waals surface area contributed by atoms with Gasteiger partial charge in [-0.3, -0.25) is 4.79 Å². The van der Waals surface area contributed by atoms with Crippen molar-refractivity contribution in [3.8, 4) is 0 Å². The van der Waals surface area contributed by atoms with Gasteiger partial charge < -0.3 is 20.4 Å². The van der Waals surface area contributed by atoms with Crippen LogP contribution in [0.25, 0.3) is 0 Å². The van der Waals surface area contributed by atoms with Gasteiger partial charge in [-0.25, -0.2) is 4.39 Å². The van der Waals surface area contributed by atoms with E-state index in [1.807, 2.05) is 32.0 Å². The lowest BCUT2D eigenvalue weighted by Crippen LogP contribution is -3.15. The number of carbonyl (C=O) groups excluding carboxylic acids is 1. The van der Waals surface area contributed by atoms with Crippen molar-refractivity contribution in [2.45, 2.75) is 20.4 Å². The molecule has 1 aliphatic rings. The summed E-state index contributed by atoms with van der Waals surface area (Å²) in [6.45, 7) is 8.43. The summed E-state index contributed by atoms with van der Waals surface area (Å²) in [4.78, 5) is 15.8. The molecule has 0 aromatic heterocycles. The van der Waals surface area contributed by atoms with E-state index in [-0.39, 0.29) is 11.7 Å². The Balaban J connectivity index is 1.41. The van der Waals surface area contributed by atoms with E-state index in [2.05, 4.69) is 15.5 Å². The molecule has 3 N–H and O–H groups in total. The normalized spacial score (nSPS) is 14.5. The molecule has 2 aromatic rings. The van der Waals surface area contributed by atoms with Crippen molar-refractivity contribution < 1.29 is 14.1 Å². The van der Waals surface area contributed by atoms with Gasteiger partial charge >= 0.3 is 0 Å². The highest BCUT2D eigenvalue weighted by atomic mass is 32.1. The number of halogens is 1. The van der Waals surface area contributed by atoms with Crippen LogP contribution in [0.2, 0.25) is 0 Å². The molecule has 0 radical (unpaired) electrons. The number of amides is 1. The summed E-state index contributed by atoms with van der Waals surface area (Å²) in [7, 11) is 0. The second-order valence-corrected chi connectivity index (χ2v) is 7.88. The van der Waals surface area contributed by atoms with Gasteiger partial charge in [-0.1, -0.05) is 24.3 Å². The Hall–Kier alpha value is -2.51. The largest absolute Gasteiger partial charge is 0.358 e. The van der Waals surface area contributed by atoms with Gasteiger partial charge in [0.1, 0.15) is 5.82 Å². The highest BCUT2D eigenvalue weighted by Gasteiger charge is 2.23. The number of quaternary nitrogens is 1. The molecule has 0 atom stereocenters. The molecule has 1 saturated heterocycles. The van der Waals surface area contributed by atoms with E-state index in [0.29, 0.717) is 18.2 Å². The number of nitrogens with one attached hydrogen (secondary N) is 3. The molecule has 0 spiro atoms. The van der Waals surface area contributed by atoms with E-state index in [4.69, 9.17) is 12.2 Å². The Morgan fingerprint density at radius 3 is 2.52 bits per heavy atom. The molecule has 2 aromatic carbocycles. The third-order valence-corrected chi connectivity index (χ3v) is 5.81. The van der Waals surface area contributed by atoms with Crippen molar-refractivity contribution in [3.05, 3.63) is 65.0 Å². The Morgan fingerprint density at radius 2 is 1.83 bits per heavy atom. The summed E-state index contributed by atoms with van der Waals surface area (Å²) in [6, 6.07) is 12.4. The highest BCUT2D eigenvalue weighted by molar-refractivity contribution is 7.80. The van der Waals surface area contributed by atoms with Crippen molar-refractivity contribution >= 4 is 28.9 Å². The number of thiocarbonyl (C=S) groups is 1. The molecule has 5 nitrogen and oxygen atoms in total. The number of carbonyl (C=O) groups is 1. The molecule has 0 saturated carbocycles. The van der Waals surface area contributed by atoms with Crippen LogP contribution in [0.3, 0.4) is 0 Å². The maximum Gasteiger partial charge on any atom is 0.279 e. The van der Waals surface area contributed by atoms with Crippen molar-refractivity contribution in [1.82, 2.24) is 10.2 Å². The SMILES string of the molecule is Cc1cccc(NC(=O)C[NH+]2CCN(C(=S)NCc3ccc(F)cc3)CC2)c1C. The second kappa shape index (κ2) is 9.80. The van der Waals surface area contributed by atoms with Gasteiger partial charge in [0, 0.05) is 12.2 Å². The predicted octanol–water partition coefficient (Wildman–Crippen LogP) is 1.66. The number of aryl methyl sites for hydroxylation is 1. The molecule has 0 bridgehead atoms. The van der Waals surface area contributed by atoms with Crippen LogP contribution in [-0.2, 0) is 11.3 Å². The van der Waals surface area contributed by atoms with Gasteiger partial charge in [0.2, 0.25) is 0 Å². The average Bonchev–Trinajstić information content (AvgIpc) is 2.71. The highest BCUT2D eigenvalue weighted by Crippen LogP contribution is 2.17. The van der Waals surface area contributed by atoms with Crippen molar-refractivity contribution in [1.29, 1.82) is 0 Å². The van der Waals surface area contributed by atoms with E-state index in [1.165, 1.54) is 22.6 Å². The molecule has 29 heavy (non-hydrogen) atoms. The molecular formula is C22H28FN4OS+. The number of nitrogens with zero attached hydrogens (tertiary/aromatic N) is 1. The van der Waals surface area contributed by atoms with Crippen molar-refractivity contribution in [3.63, 3.8) is 0 Å². The van der Waals surface area contributed by atoms with Gasteiger partial charge in [-0.15, -0.1) is 0 Å². The van der Waals surface area contributed by atoms with Crippen LogP contribution in [0.4, 0.5) is 10.1 Å². The molecule has 1 aliphatic heterocycles. The first-order valence-corrected chi connectivity index (χ1v) is 10.3. The Morgan fingerprint density at radius 1 is 1.14 bits per heavy atom. The van der Waals surface area contributed by atoms with Gasteiger partial charge in [0.05, 0.1) is 26.2 Å². The smallest absolute Gasteiger partial charge is 0.279 e. The maximum absolute atomic E-state index is 13.0. The molecule has 3 rings (SSSR count). The van der Waals surface area contributed by atoms with Gasteiger partial charge in [0.15, 0.2) is 11.7 Å². The summed E-state index contributed by atoms with van der Waals surface area (Å²) in [5.41, 5.74) is 4.16. The third kappa shape index (κ3) is 5.98. The van der Waals surface area contributed by atoms with E-state index >= 15 is 0 Å². The molecular weight excluding hydrogens is 387 g/mol. The zero-order chi connectivity index (χ0) is 20.8. The number of anilines is 1. The fourth-order valence-corrected chi connectivity index (χ4v) is 3.66. The topological polar surface area (TPSA) is 48.8 Å². The van der Waals surface area contributed by atoms with Gasteiger partial charge in [-0.05, 0) is 61.0 Å². The van der Waals surface area contributed by atoms with E-state index in [1.54, 1.807) is 12.1 Å². The zero-order valence-electron chi connectivity index (χ0n) is 16.9. The monoisotopic (exact) mass is 415 g/mol. The zero-order valence-corrected chi connectivity index (χ0v) is 17.7. The Labute approximate surface area is 176 Å². The van der Waals surface area contributed by atoms with Crippen LogP contribution in [0.15, 0.2) is 42.5 Å². The summed E-state index contributed by atoms with van der Waals surface area (Å²) in [5.74, 6) is -0.198. The lowest BCUT2D eigenvalue weighted by molar-refractivity contribution is -0.895. The number of hydrogen-bond acceptors (Lipinski definition) is 2. The second-order valence-electron chi connectivity index (χ2n) is 7.49. The van der Waals surface area contributed by atoms with Crippen LogP contribution in [0.1, 0.15) is 16.7 Å². The molecule has 1 heterocycles. The molecule has 154 valence electrons. The lowest BCUT2D eigenvalue weighted by Gasteiger charge is -2.33. The minimum absolute atomic E-state index is 0.0409. The third-order valence-electron chi connectivity index (χ3n) is 5.40. The average molecular weight is 416 g/mol. The van der Waals surface area contributed by atoms with Crippen LogP contribution in [0, 0.1) is 19.7 Å². The lowest BCUT2D eigenvalue weighted by atomic mass is 10.1. The summed E-state index contributed by atoms with van der Waals surface area (Å²) >= 11 is 5.49. The first kappa shape index (κ1) is 21.2. The molecule has 0 unspecified atom stereocenters. The first-order valence-electron chi connectivity index (χ1n) is 9.89. The summed E-state index contributed by atoms with van der Waals surface area (Å²) in [6.07, 6.45) is 0. The van der Waals surface area contributed by atoms with E-state index < -0.39 is 0 Å². The molecule has 7 heteroatoms. The maximum atomic E-state index is 13.0. The standard InChI is InChI=1S/C22H27FN4OS/c1-16-4-3-5-20(17(16)2)25-21(28)15-26-10-12-27(13-11-26)22(29)24-14-18-6-8-19(23)9-7-18/h3-9H,10-15H2,1-2H3,(H,24,29)(H,25,28)/p+1. The summed E-state index contributed by atoms with van der Waals surface area (Å²) < 4.78 is 13.0. The van der Waals surface area contributed by atoms with Crippen LogP contribution in [0.5, 0.6) is 0 Å². The van der Waals surface area contributed by atoms with Crippen LogP contribution < -0.4 is 15.5 Å².